The van der Waals surface area contributed by atoms with E-state index in [9.17, 15) is 9.59 Å². The van der Waals surface area contributed by atoms with E-state index in [0.717, 1.165) is 16.6 Å². The lowest BCUT2D eigenvalue weighted by Gasteiger charge is -2.26. The minimum absolute atomic E-state index is 0.0857. The van der Waals surface area contributed by atoms with Crippen LogP contribution in [0.3, 0.4) is 0 Å². The Hall–Kier alpha value is -3.64. The van der Waals surface area contributed by atoms with E-state index in [2.05, 4.69) is 4.98 Å². The lowest BCUT2D eigenvalue weighted by Crippen LogP contribution is -2.36. The molecule has 0 aliphatic heterocycles. The van der Waals surface area contributed by atoms with E-state index in [1.54, 1.807) is 35.2 Å². The SMILES string of the molecule is CC(=O)OC(C(=O)N(Cc1nc2cc(C)ccc2o1)Cc1ccccc1Cl)c1ccccc1. The Morgan fingerprint density at radius 2 is 1.76 bits per heavy atom. The second-order valence-electron chi connectivity index (χ2n) is 7.76. The quantitative estimate of drug-likeness (QED) is 0.333. The van der Waals surface area contributed by atoms with E-state index < -0.39 is 18.0 Å². The smallest absolute Gasteiger partial charge is 0.303 e. The fourth-order valence-corrected chi connectivity index (χ4v) is 3.78. The Bertz CT molecular complexity index is 1290. The zero-order chi connectivity index (χ0) is 23.4. The topological polar surface area (TPSA) is 72.6 Å². The lowest BCUT2D eigenvalue weighted by atomic mass is 10.1. The first-order valence-electron chi connectivity index (χ1n) is 10.5. The van der Waals surface area contributed by atoms with Crippen LogP contribution in [0.1, 0.15) is 35.6 Å². The minimum atomic E-state index is -1.10. The zero-order valence-electron chi connectivity index (χ0n) is 18.3. The van der Waals surface area contributed by atoms with Gasteiger partial charge in [0.15, 0.2) is 5.58 Å². The van der Waals surface area contributed by atoms with Crippen molar-refractivity contribution in [1.29, 1.82) is 0 Å². The molecule has 7 heteroatoms. The molecule has 1 atom stereocenters. The highest BCUT2D eigenvalue weighted by Gasteiger charge is 2.30. The molecule has 0 saturated carbocycles. The molecule has 0 aliphatic rings. The fourth-order valence-electron chi connectivity index (χ4n) is 3.58. The number of esters is 1. The third kappa shape index (κ3) is 5.41. The van der Waals surface area contributed by atoms with Crippen molar-refractivity contribution in [3.8, 4) is 0 Å². The first-order chi connectivity index (χ1) is 15.9. The van der Waals surface area contributed by atoms with Gasteiger partial charge in [-0.05, 0) is 36.2 Å². The summed E-state index contributed by atoms with van der Waals surface area (Å²) < 4.78 is 11.3. The van der Waals surface area contributed by atoms with Crippen LogP contribution >= 0.6 is 11.6 Å². The third-order valence-electron chi connectivity index (χ3n) is 5.15. The van der Waals surface area contributed by atoms with Crippen molar-refractivity contribution in [2.45, 2.75) is 33.0 Å². The van der Waals surface area contributed by atoms with Crippen molar-refractivity contribution in [2.75, 3.05) is 0 Å². The highest BCUT2D eigenvalue weighted by Crippen LogP contribution is 2.26. The van der Waals surface area contributed by atoms with E-state index in [0.29, 0.717) is 22.1 Å². The van der Waals surface area contributed by atoms with Gasteiger partial charge in [-0.25, -0.2) is 4.98 Å². The van der Waals surface area contributed by atoms with E-state index in [-0.39, 0.29) is 13.1 Å². The van der Waals surface area contributed by atoms with Gasteiger partial charge in [-0.1, -0.05) is 66.2 Å². The molecule has 0 spiro atoms. The molecule has 1 unspecified atom stereocenters. The average Bonchev–Trinajstić information content (AvgIpc) is 3.20. The molecule has 1 aromatic heterocycles. The highest BCUT2D eigenvalue weighted by molar-refractivity contribution is 6.31. The number of fused-ring (bicyclic) bond motifs is 1. The molecule has 0 bridgehead atoms. The summed E-state index contributed by atoms with van der Waals surface area (Å²) in [4.78, 5) is 31.6. The van der Waals surface area contributed by atoms with E-state index >= 15 is 0 Å². The Labute approximate surface area is 196 Å². The number of aryl methyl sites for hydroxylation is 1. The summed E-state index contributed by atoms with van der Waals surface area (Å²) in [6.07, 6.45) is -1.10. The third-order valence-corrected chi connectivity index (χ3v) is 5.52. The van der Waals surface area contributed by atoms with Gasteiger partial charge in [0.2, 0.25) is 12.0 Å². The zero-order valence-corrected chi connectivity index (χ0v) is 19.1. The molecule has 0 saturated heterocycles. The number of rotatable bonds is 7. The van der Waals surface area contributed by atoms with Crippen LogP contribution in [0.15, 0.2) is 77.2 Å². The molecule has 0 aliphatic carbocycles. The molecule has 3 aromatic carbocycles. The largest absolute Gasteiger partial charge is 0.447 e. The van der Waals surface area contributed by atoms with E-state index in [4.69, 9.17) is 20.8 Å². The molecule has 0 N–H and O–H groups in total. The maximum atomic E-state index is 13.7. The summed E-state index contributed by atoms with van der Waals surface area (Å²) in [7, 11) is 0. The summed E-state index contributed by atoms with van der Waals surface area (Å²) >= 11 is 6.38. The van der Waals surface area contributed by atoms with Crippen LogP contribution in [0.5, 0.6) is 0 Å². The first kappa shape index (κ1) is 22.6. The number of amides is 1. The number of ether oxygens (including phenoxy) is 1. The van der Waals surface area contributed by atoms with Crippen LogP contribution in [-0.4, -0.2) is 21.8 Å². The number of aromatic nitrogens is 1. The average molecular weight is 463 g/mol. The number of carbonyl (C=O) groups excluding carboxylic acids is 2. The van der Waals surface area contributed by atoms with Crippen molar-refractivity contribution in [3.63, 3.8) is 0 Å². The van der Waals surface area contributed by atoms with E-state index in [1.807, 2.05) is 49.4 Å². The monoisotopic (exact) mass is 462 g/mol. The molecule has 0 fully saturated rings. The number of oxazole rings is 1. The van der Waals surface area contributed by atoms with Gasteiger partial charge in [-0.2, -0.15) is 0 Å². The number of benzene rings is 3. The molecule has 168 valence electrons. The molecule has 6 nitrogen and oxygen atoms in total. The van der Waals surface area contributed by atoms with E-state index in [1.165, 1.54) is 6.92 Å². The van der Waals surface area contributed by atoms with Crippen LogP contribution in [0.25, 0.3) is 11.1 Å². The van der Waals surface area contributed by atoms with Crippen LogP contribution in [0.2, 0.25) is 5.02 Å². The lowest BCUT2D eigenvalue weighted by molar-refractivity contribution is -0.160. The summed E-state index contributed by atoms with van der Waals surface area (Å²) in [6.45, 7) is 3.54. The molecule has 0 radical (unpaired) electrons. The Morgan fingerprint density at radius 1 is 1.03 bits per heavy atom. The van der Waals surface area contributed by atoms with Crippen molar-refractivity contribution >= 4 is 34.6 Å². The van der Waals surface area contributed by atoms with Gasteiger partial charge in [0.05, 0.1) is 6.54 Å². The maximum absolute atomic E-state index is 13.7. The summed E-state index contributed by atoms with van der Waals surface area (Å²) in [5.41, 5.74) is 3.75. The summed E-state index contributed by atoms with van der Waals surface area (Å²) in [5, 5.41) is 0.534. The van der Waals surface area contributed by atoms with Crippen molar-refractivity contribution < 1.29 is 18.7 Å². The van der Waals surface area contributed by atoms with Gasteiger partial charge in [0.1, 0.15) is 5.52 Å². The van der Waals surface area contributed by atoms with Gasteiger partial charge in [0.25, 0.3) is 5.91 Å². The number of nitrogens with zero attached hydrogens (tertiary/aromatic N) is 2. The van der Waals surface area contributed by atoms with Crippen LogP contribution in [0.4, 0.5) is 0 Å². The molecular weight excluding hydrogens is 440 g/mol. The normalized spacial score (nSPS) is 11.8. The standard InChI is InChI=1S/C26H23ClN2O4/c1-17-12-13-23-22(14-17)28-24(33-23)16-29(15-20-10-6-7-11-21(20)27)26(31)25(32-18(2)30)19-8-4-3-5-9-19/h3-14,25H,15-16H2,1-2H3. The molecular formula is C26H23ClN2O4. The van der Waals surface area contributed by atoms with Crippen molar-refractivity contribution in [1.82, 2.24) is 9.88 Å². The molecule has 4 rings (SSSR count). The Balaban J connectivity index is 1.70. The molecule has 4 aromatic rings. The molecule has 1 heterocycles. The van der Waals surface area contributed by atoms with Gasteiger partial charge in [-0.3, -0.25) is 9.59 Å². The molecule has 1 amide bonds. The van der Waals surface area contributed by atoms with Gasteiger partial charge in [0, 0.05) is 24.1 Å². The van der Waals surface area contributed by atoms with Crippen LogP contribution in [-0.2, 0) is 27.4 Å². The second-order valence-corrected chi connectivity index (χ2v) is 8.17. The van der Waals surface area contributed by atoms with Gasteiger partial charge >= 0.3 is 5.97 Å². The maximum Gasteiger partial charge on any atom is 0.303 e. The first-order valence-corrected chi connectivity index (χ1v) is 10.9. The fraction of sp³-hybridized carbons (Fsp3) is 0.192. The number of carbonyl (C=O) groups is 2. The summed E-state index contributed by atoms with van der Waals surface area (Å²) in [5.74, 6) is -0.562. The highest BCUT2D eigenvalue weighted by atomic mass is 35.5. The van der Waals surface area contributed by atoms with Crippen LogP contribution < -0.4 is 0 Å². The Kier molecular flexibility index (Phi) is 6.75. The van der Waals surface area contributed by atoms with Crippen molar-refractivity contribution in [3.05, 3.63) is 100 Å². The summed E-state index contributed by atoms with van der Waals surface area (Å²) in [6, 6.07) is 21.9. The predicted octanol–water partition coefficient (Wildman–Crippen LogP) is 5.62. The predicted molar refractivity (Wildman–Crippen MR) is 125 cm³/mol. The van der Waals surface area contributed by atoms with Gasteiger partial charge < -0.3 is 14.1 Å². The van der Waals surface area contributed by atoms with Crippen molar-refractivity contribution in [2.24, 2.45) is 0 Å². The molecule has 33 heavy (non-hydrogen) atoms. The number of hydrogen-bond donors (Lipinski definition) is 0. The Morgan fingerprint density at radius 3 is 2.48 bits per heavy atom. The van der Waals surface area contributed by atoms with Gasteiger partial charge in [-0.15, -0.1) is 0 Å². The number of hydrogen-bond acceptors (Lipinski definition) is 5. The number of halogens is 1. The second kappa shape index (κ2) is 9.88. The van der Waals surface area contributed by atoms with Crippen LogP contribution in [0, 0.1) is 6.92 Å². The minimum Gasteiger partial charge on any atom is -0.447 e.